The van der Waals surface area contributed by atoms with Crippen LogP contribution in [0.25, 0.3) is 0 Å². The van der Waals surface area contributed by atoms with Crippen molar-refractivity contribution >= 4 is 0 Å². The smallest absolute Gasteiger partial charge is 0.137 e. The molecule has 0 amide bonds. The van der Waals surface area contributed by atoms with Gasteiger partial charge >= 0.3 is 0 Å². The van der Waals surface area contributed by atoms with Crippen molar-refractivity contribution in [2.45, 2.75) is 51.7 Å². The van der Waals surface area contributed by atoms with E-state index in [0.29, 0.717) is 0 Å². The van der Waals surface area contributed by atoms with Crippen LogP contribution in [-0.4, -0.2) is 42.8 Å². The van der Waals surface area contributed by atoms with Crippen molar-refractivity contribution in [2.75, 3.05) is 13.1 Å². The quantitative estimate of drug-likeness (QED) is 0.902. The number of aromatic amines is 1. The van der Waals surface area contributed by atoms with Gasteiger partial charge in [-0.2, -0.15) is 5.10 Å². The van der Waals surface area contributed by atoms with Gasteiger partial charge in [-0.25, -0.2) is 4.98 Å². The number of nitrogens with one attached hydrogen (secondary N) is 1. The van der Waals surface area contributed by atoms with Gasteiger partial charge in [-0.05, 0) is 37.9 Å². The molecule has 0 unspecified atom stereocenters. The van der Waals surface area contributed by atoms with Crippen molar-refractivity contribution < 1.29 is 5.11 Å². The Kier molecular flexibility index (Phi) is 4.78. The van der Waals surface area contributed by atoms with Crippen LogP contribution >= 0.6 is 0 Å². The molecule has 3 rings (SSSR count). The third kappa shape index (κ3) is 3.70. The third-order valence-electron chi connectivity index (χ3n) is 5.00. The molecule has 0 aromatic carbocycles. The Morgan fingerprint density at radius 2 is 2.04 bits per heavy atom. The summed E-state index contributed by atoms with van der Waals surface area (Å²) >= 11 is 0. The fraction of sp³-hybridized carbons (Fsp3) is 0.667. The second-order valence-corrected chi connectivity index (χ2v) is 7.98. The van der Waals surface area contributed by atoms with Gasteiger partial charge in [-0.15, -0.1) is 0 Å². The number of nitrogens with zero attached hydrogens (tertiary/aromatic N) is 4. The fourth-order valence-corrected chi connectivity index (χ4v) is 3.37. The summed E-state index contributed by atoms with van der Waals surface area (Å²) in [5.74, 6) is 1.06. The monoisotopic (exact) mass is 331 g/mol. The van der Waals surface area contributed by atoms with E-state index in [9.17, 15) is 5.11 Å². The highest BCUT2D eigenvalue weighted by atomic mass is 16.3. The lowest BCUT2D eigenvalue weighted by atomic mass is 9.90. The summed E-state index contributed by atoms with van der Waals surface area (Å²) in [5, 5.41) is 18.2. The Morgan fingerprint density at radius 1 is 1.33 bits per heavy atom. The normalized spacial score (nSPS) is 18.9. The van der Waals surface area contributed by atoms with Gasteiger partial charge in [0, 0.05) is 37.1 Å². The molecule has 0 saturated carbocycles. The summed E-state index contributed by atoms with van der Waals surface area (Å²) in [6, 6.07) is 2.18. The number of aliphatic hydroxyl groups is 1. The first-order valence-electron chi connectivity index (χ1n) is 8.77. The molecule has 1 saturated heterocycles. The molecule has 2 aromatic heterocycles. The predicted molar refractivity (Wildman–Crippen MR) is 93.5 cm³/mol. The first-order chi connectivity index (χ1) is 11.3. The van der Waals surface area contributed by atoms with Gasteiger partial charge < -0.3 is 9.67 Å². The number of rotatable bonds is 4. The van der Waals surface area contributed by atoms with Crippen LogP contribution in [0, 0.1) is 5.92 Å². The summed E-state index contributed by atoms with van der Waals surface area (Å²) < 4.78 is 1.91. The van der Waals surface area contributed by atoms with Crippen LogP contribution in [0.1, 0.15) is 56.9 Å². The Labute approximate surface area is 143 Å². The van der Waals surface area contributed by atoms with E-state index in [1.54, 1.807) is 6.20 Å². The first-order valence-corrected chi connectivity index (χ1v) is 8.77. The number of hydrogen-bond acceptors (Lipinski definition) is 4. The average Bonchev–Trinajstić information content (AvgIpc) is 3.16. The standard InChI is InChI=1S/C18H29N5O/c1-18(2,3)15-11-14(20-21-15)12-23-8-5-13(6-9-23)16(24)17-19-7-10-22(17)4/h7,10-11,13,16,24H,5-6,8-9,12H2,1-4H3,(H,20,21)/t16-/m0/s1. The van der Waals surface area contributed by atoms with E-state index in [1.807, 2.05) is 17.8 Å². The zero-order chi connectivity index (χ0) is 17.3. The number of aromatic nitrogens is 4. The van der Waals surface area contributed by atoms with E-state index in [-0.39, 0.29) is 11.3 Å². The molecule has 3 heterocycles. The van der Waals surface area contributed by atoms with Crippen LogP contribution in [0.2, 0.25) is 0 Å². The minimum atomic E-state index is -0.466. The summed E-state index contributed by atoms with van der Waals surface area (Å²) in [5.41, 5.74) is 2.36. The summed E-state index contributed by atoms with van der Waals surface area (Å²) in [4.78, 5) is 6.72. The molecule has 6 nitrogen and oxygen atoms in total. The molecule has 0 radical (unpaired) electrons. The van der Waals surface area contributed by atoms with Crippen molar-refractivity contribution in [2.24, 2.45) is 13.0 Å². The maximum absolute atomic E-state index is 10.6. The SMILES string of the molecule is Cn1ccnc1[C@@H](O)C1CCN(Cc2cc(C(C)(C)C)n[nH]2)CC1. The van der Waals surface area contributed by atoms with E-state index < -0.39 is 6.10 Å². The molecular formula is C18H29N5O. The number of hydrogen-bond donors (Lipinski definition) is 2. The van der Waals surface area contributed by atoms with E-state index >= 15 is 0 Å². The third-order valence-corrected chi connectivity index (χ3v) is 5.00. The van der Waals surface area contributed by atoms with Gasteiger partial charge in [-0.3, -0.25) is 10.00 Å². The summed E-state index contributed by atoms with van der Waals surface area (Å²) in [6.07, 6.45) is 5.16. The molecule has 2 N–H and O–H groups in total. The second kappa shape index (κ2) is 6.69. The van der Waals surface area contributed by atoms with Gasteiger partial charge in [0.1, 0.15) is 11.9 Å². The Morgan fingerprint density at radius 3 is 2.58 bits per heavy atom. The lowest BCUT2D eigenvalue weighted by Gasteiger charge is -2.33. The van der Waals surface area contributed by atoms with Crippen LogP contribution in [0.5, 0.6) is 0 Å². The fourth-order valence-electron chi connectivity index (χ4n) is 3.37. The van der Waals surface area contributed by atoms with Crippen molar-refractivity contribution in [3.63, 3.8) is 0 Å². The molecular weight excluding hydrogens is 302 g/mol. The largest absolute Gasteiger partial charge is 0.385 e. The van der Waals surface area contributed by atoms with Gasteiger partial charge in [0.25, 0.3) is 0 Å². The summed E-state index contributed by atoms with van der Waals surface area (Å²) in [6.45, 7) is 9.42. The van der Waals surface area contributed by atoms with E-state index in [4.69, 9.17) is 0 Å². The van der Waals surface area contributed by atoms with Gasteiger partial charge in [0.05, 0.1) is 5.69 Å². The summed E-state index contributed by atoms with van der Waals surface area (Å²) in [7, 11) is 1.94. The number of aryl methyl sites for hydroxylation is 1. The number of likely N-dealkylation sites (tertiary alicyclic amines) is 1. The molecule has 6 heteroatoms. The van der Waals surface area contributed by atoms with Crippen molar-refractivity contribution in [3.8, 4) is 0 Å². The molecule has 0 bridgehead atoms. The Hall–Kier alpha value is -1.66. The highest BCUT2D eigenvalue weighted by molar-refractivity contribution is 5.16. The predicted octanol–water partition coefficient (Wildman–Crippen LogP) is 2.39. The minimum absolute atomic E-state index is 0.0773. The van der Waals surface area contributed by atoms with Crippen LogP contribution in [0.4, 0.5) is 0 Å². The van der Waals surface area contributed by atoms with Crippen LogP contribution in [-0.2, 0) is 19.0 Å². The molecule has 1 fully saturated rings. The second-order valence-electron chi connectivity index (χ2n) is 7.98. The topological polar surface area (TPSA) is 70.0 Å². The average molecular weight is 331 g/mol. The lowest BCUT2D eigenvalue weighted by molar-refractivity contribution is 0.0489. The molecule has 1 atom stereocenters. The van der Waals surface area contributed by atoms with Crippen molar-refractivity contribution in [1.82, 2.24) is 24.6 Å². The Balaban J connectivity index is 1.54. The zero-order valence-electron chi connectivity index (χ0n) is 15.2. The number of imidazole rings is 1. The van der Waals surface area contributed by atoms with Crippen LogP contribution in [0.15, 0.2) is 18.5 Å². The number of piperidine rings is 1. The molecule has 1 aliphatic heterocycles. The Bertz CT molecular complexity index is 661. The van der Waals surface area contributed by atoms with E-state index in [0.717, 1.165) is 44.0 Å². The van der Waals surface area contributed by atoms with E-state index in [1.165, 1.54) is 5.69 Å². The van der Waals surface area contributed by atoms with Crippen LogP contribution in [0.3, 0.4) is 0 Å². The molecule has 24 heavy (non-hydrogen) atoms. The lowest BCUT2D eigenvalue weighted by Crippen LogP contribution is -2.35. The van der Waals surface area contributed by atoms with Crippen molar-refractivity contribution in [3.05, 3.63) is 35.7 Å². The van der Waals surface area contributed by atoms with E-state index in [2.05, 4.69) is 46.9 Å². The van der Waals surface area contributed by atoms with Gasteiger partial charge in [0.2, 0.25) is 0 Å². The van der Waals surface area contributed by atoms with Crippen LogP contribution < -0.4 is 0 Å². The number of aliphatic hydroxyl groups excluding tert-OH is 1. The number of H-pyrrole nitrogens is 1. The van der Waals surface area contributed by atoms with Gasteiger partial charge in [-0.1, -0.05) is 20.8 Å². The highest BCUT2D eigenvalue weighted by Crippen LogP contribution is 2.30. The minimum Gasteiger partial charge on any atom is -0.385 e. The zero-order valence-corrected chi connectivity index (χ0v) is 15.2. The first kappa shape index (κ1) is 17.2. The molecule has 0 aliphatic carbocycles. The molecule has 1 aliphatic rings. The van der Waals surface area contributed by atoms with Crippen molar-refractivity contribution in [1.29, 1.82) is 0 Å². The molecule has 132 valence electrons. The maximum atomic E-state index is 10.6. The molecule has 2 aromatic rings. The highest BCUT2D eigenvalue weighted by Gasteiger charge is 2.28. The molecule has 0 spiro atoms. The van der Waals surface area contributed by atoms with Gasteiger partial charge in [0.15, 0.2) is 0 Å². The maximum Gasteiger partial charge on any atom is 0.137 e.